The fourth-order valence-electron chi connectivity index (χ4n) is 6.21. The summed E-state index contributed by atoms with van der Waals surface area (Å²) in [7, 11) is 4.75. The molecule has 4 N–H and O–H groups in total. The third-order valence-corrected chi connectivity index (χ3v) is 8.42. The highest BCUT2D eigenvalue weighted by molar-refractivity contribution is 5.91. The zero-order valence-corrected chi connectivity index (χ0v) is 24.6. The van der Waals surface area contributed by atoms with Crippen LogP contribution in [0.3, 0.4) is 0 Å². The van der Waals surface area contributed by atoms with E-state index in [2.05, 4.69) is 19.9 Å². The number of fused-ring (bicyclic) bond motifs is 1. The molecule has 0 unspecified atom stereocenters. The van der Waals surface area contributed by atoms with E-state index in [1.807, 2.05) is 29.8 Å². The summed E-state index contributed by atoms with van der Waals surface area (Å²) in [5.74, 6) is 3.39. The zero-order chi connectivity index (χ0) is 29.4. The third-order valence-electron chi connectivity index (χ3n) is 8.42. The number of anilines is 3. The van der Waals surface area contributed by atoms with Crippen molar-refractivity contribution in [3.63, 3.8) is 0 Å². The highest BCUT2D eigenvalue weighted by atomic mass is 16.5. The predicted molar refractivity (Wildman–Crippen MR) is 159 cm³/mol. The summed E-state index contributed by atoms with van der Waals surface area (Å²) in [6.07, 6.45) is 9.31. The van der Waals surface area contributed by atoms with Gasteiger partial charge < -0.3 is 39.8 Å². The van der Waals surface area contributed by atoms with E-state index in [0.29, 0.717) is 29.0 Å². The summed E-state index contributed by atoms with van der Waals surface area (Å²) in [5.41, 5.74) is 8.66. The molecule has 1 atom stereocenters. The van der Waals surface area contributed by atoms with Crippen molar-refractivity contribution in [2.75, 3.05) is 44.7 Å². The van der Waals surface area contributed by atoms with Gasteiger partial charge in [0.25, 0.3) is 0 Å². The Balaban J connectivity index is 1.39. The Bertz CT molecular complexity index is 1540. The van der Waals surface area contributed by atoms with Crippen molar-refractivity contribution in [1.82, 2.24) is 29.3 Å². The molecule has 13 nitrogen and oxygen atoms in total. The van der Waals surface area contributed by atoms with Crippen LogP contribution in [-0.2, 0) is 0 Å². The summed E-state index contributed by atoms with van der Waals surface area (Å²) in [6, 6.07) is 4.18. The number of aromatic nitrogens is 6. The normalized spacial score (nSPS) is 20.7. The van der Waals surface area contributed by atoms with Crippen LogP contribution in [0.15, 0.2) is 24.7 Å². The maximum atomic E-state index is 10.1. The molecule has 1 aromatic carbocycles. The Morgan fingerprint density at radius 1 is 1.02 bits per heavy atom. The monoisotopic (exact) mass is 577 g/mol. The Hall–Kier alpha value is -4.10. The van der Waals surface area contributed by atoms with Crippen molar-refractivity contribution in [3.8, 4) is 22.9 Å². The molecule has 13 heteroatoms. The number of nitrogens with two attached hydrogens (primary N) is 1. The molecule has 1 saturated heterocycles. The lowest BCUT2D eigenvalue weighted by Gasteiger charge is -2.27. The largest absolute Gasteiger partial charge is 0.493 e. The van der Waals surface area contributed by atoms with E-state index >= 15 is 0 Å². The van der Waals surface area contributed by atoms with Crippen LogP contribution in [-0.4, -0.2) is 81.0 Å². The summed E-state index contributed by atoms with van der Waals surface area (Å²) in [5, 5.41) is 19.3. The van der Waals surface area contributed by atoms with Crippen molar-refractivity contribution in [2.45, 2.75) is 63.6 Å². The number of hydrogen-bond acceptors (Lipinski definition) is 11. The lowest BCUT2D eigenvalue weighted by molar-refractivity contribution is 0.266. The van der Waals surface area contributed by atoms with Gasteiger partial charge in [0.15, 0.2) is 23.0 Å². The number of benzene rings is 1. The number of methoxy groups -OCH3 is 3. The first kappa shape index (κ1) is 28.0. The Morgan fingerprint density at radius 3 is 2.43 bits per heavy atom. The second kappa shape index (κ2) is 11.6. The van der Waals surface area contributed by atoms with Crippen molar-refractivity contribution in [2.24, 2.45) is 5.73 Å². The van der Waals surface area contributed by atoms with Crippen LogP contribution in [0.2, 0.25) is 0 Å². The lowest BCUT2D eigenvalue weighted by atomic mass is 9.92. The first-order chi connectivity index (χ1) is 20.4. The molecule has 1 saturated carbocycles. The molecule has 1 aliphatic carbocycles. The molecule has 6 rings (SSSR count). The summed E-state index contributed by atoms with van der Waals surface area (Å²) < 4.78 is 20.4. The highest BCUT2D eigenvalue weighted by Crippen LogP contribution is 2.40. The van der Waals surface area contributed by atoms with E-state index in [0.717, 1.165) is 73.3 Å². The number of rotatable bonds is 9. The average molecular weight is 578 g/mol. The second-order valence-corrected chi connectivity index (χ2v) is 11.0. The lowest BCUT2D eigenvalue weighted by Crippen LogP contribution is -2.33. The molecule has 4 heterocycles. The minimum absolute atomic E-state index is 0.00520. The van der Waals surface area contributed by atoms with Crippen molar-refractivity contribution < 1.29 is 19.3 Å². The summed E-state index contributed by atoms with van der Waals surface area (Å²) in [4.78, 5) is 16.7. The average Bonchev–Trinajstić information content (AvgIpc) is 3.75. The predicted octanol–water partition coefficient (Wildman–Crippen LogP) is 3.49. The van der Waals surface area contributed by atoms with E-state index in [-0.39, 0.29) is 24.7 Å². The van der Waals surface area contributed by atoms with Gasteiger partial charge in [-0.05, 0) is 45.4 Å². The molecule has 224 valence electrons. The molecule has 0 spiro atoms. The molecule has 2 fully saturated rings. The molecule has 0 bridgehead atoms. The third kappa shape index (κ3) is 5.07. The number of hydrogen-bond donors (Lipinski definition) is 3. The quantitative estimate of drug-likeness (QED) is 0.268. The first-order valence-corrected chi connectivity index (χ1v) is 14.4. The van der Waals surface area contributed by atoms with Crippen LogP contribution in [0.5, 0.6) is 17.2 Å². The SMILES string of the molecule is COc1cc(-n2cnc(Nc3nc(N4CCC[C@H]4CO)c4c(C)nn([C@H]5CC[C@H](N)CC5)c4n3)c2)cc(OC)c1OC. The van der Waals surface area contributed by atoms with Crippen LogP contribution in [0.4, 0.5) is 17.6 Å². The number of nitrogens with one attached hydrogen (secondary N) is 1. The minimum Gasteiger partial charge on any atom is -0.493 e. The number of aliphatic hydroxyl groups excluding tert-OH is 1. The van der Waals surface area contributed by atoms with E-state index in [4.69, 9.17) is 35.0 Å². The first-order valence-electron chi connectivity index (χ1n) is 14.4. The molecular weight excluding hydrogens is 538 g/mol. The number of ether oxygens (including phenoxy) is 3. The molecule has 0 radical (unpaired) electrons. The fourth-order valence-corrected chi connectivity index (χ4v) is 6.21. The maximum absolute atomic E-state index is 10.1. The Morgan fingerprint density at radius 2 is 1.76 bits per heavy atom. The number of imidazole rings is 1. The standard InChI is InChI=1S/C29H39N9O4/c1-17-25-27(37-11-5-6-20(37)15-39)33-29(34-28(25)38(35-17)19-9-7-18(30)8-10-19)32-24-14-36(16-31-24)21-12-22(40-2)26(42-4)23(13-21)41-3/h12-14,16,18-20,39H,5-11,15,30H2,1-4H3,(H,32,33,34)/t18-,19-,20-/m0/s1. The van der Waals surface area contributed by atoms with Gasteiger partial charge in [-0.3, -0.25) is 0 Å². The van der Waals surface area contributed by atoms with Crippen LogP contribution in [0.1, 0.15) is 50.3 Å². The fraction of sp³-hybridized carbons (Fsp3) is 0.517. The van der Waals surface area contributed by atoms with Crippen LogP contribution in [0, 0.1) is 6.92 Å². The highest BCUT2D eigenvalue weighted by Gasteiger charge is 2.31. The van der Waals surface area contributed by atoms with Gasteiger partial charge >= 0.3 is 0 Å². The Labute approximate surface area is 244 Å². The van der Waals surface area contributed by atoms with E-state index in [1.54, 1.807) is 27.7 Å². The molecule has 0 amide bonds. The van der Waals surface area contributed by atoms with Gasteiger partial charge in [0.05, 0.1) is 63.0 Å². The topological polar surface area (TPSA) is 151 Å². The molecule has 42 heavy (non-hydrogen) atoms. The molecule has 1 aliphatic heterocycles. The van der Waals surface area contributed by atoms with E-state index < -0.39 is 0 Å². The smallest absolute Gasteiger partial charge is 0.232 e. The zero-order valence-electron chi connectivity index (χ0n) is 24.6. The molecule has 3 aromatic heterocycles. The van der Waals surface area contributed by atoms with Gasteiger partial charge in [0.2, 0.25) is 11.7 Å². The van der Waals surface area contributed by atoms with Crippen LogP contribution >= 0.6 is 0 Å². The van der Waals surface area contributed by atoms with Gasteiger partial charge in [0, 0.05) is 24.7 Å². The van der Waals surface area contributed by atoms with E-state index in [9.17, 15) is 5.11 Å². The van der Waals surface area contributed by atoms with Gasteiger partial charge in [-0.2, -0.15) is 15.1 Å². The number of nitrogens with zero attached hydrogens (tertiary/aromatic N) is 7. The second-order valence-electron chi connectivity index (χ2n) is 11.0. The van der Waals surface area contributed by atoms with Gasteiger partial charge in [0.1, 0.15) is 12.1 Å². The van der Waals surface area contributed by atoms with Crippen molar-refractivity contribution >= 4 is 28.6 Å². The Kier molecular flexibility index (Phi) is 7.78. The maximum Gasteiger partial charge on any atom is 0.232 e. The van der Waals surface area contributed by atoms with Crippen molar-refractivity contribution in [3.05, 3.63) is 30.4 Å². The van der Waals surface area contributed by atoms with Crippen LogP contribution in [0.25, 0.3) is 16.7 Å². The molecule has 4 aromatic rings. The summed E-state index contributed by atoms with van der Waals surface area (Å²) in [6.45, 7) is 2.90. The van der Waals surface area contributed by atoms with Gasteiger partial charge in [-0.25, -0.2) is 9.67 Å². The van der Waals surface area contributed by atoms with Crippen molar-refractivity contribution in [1.29, 1.82) is 0 Å². The number of aliphatic hydroxyl groups is 1. The molecular formula is C29H39N9O4. The van der Waals surface area contributed by atoms with Crippen LogP contribution < -0.4 is 30.2 Å². The molecule has 2 aliphatic rings. The van der Waals surface area contributed by atoms with Gasteiger partial charge in [-0.15, -0.1) is 0 Å². The summed E-state index contributed by atoms with van der Waals surface area (Å²) >= 11 is 0. The van der Waals surface area contributed by atoms with Gasteiger partial charge in [-0.1, -0.05) is 0 Å². The number of aryl methyl sites for hydroxylation is 1. The minimum atomic E-state index is 0.00520. The van der Waals surface area contributed by atoms with E-state index in [1.165, 1.54) is 0 Å².